The van der Waals surface area contributed by atoms with Crippen LogP contribution >= 0.6 is 0 Å². The van der Waals surface area contributed by atoms with Gasteiger partial charge in [-0.05, 0) is 18.2 Å². The summed E-state index contributed by atoms with van der Waals surface area (Å²) in [5, 5.41) is 17.8. The first kappa shape index (κ1) is 16.8. The number of β-amino-alcohol motifs (C(OH)–C–C–N with tert-alkyl or cyclic N) is 1. The molecule has 4 amide bonds. The molecular weight excluding hydrogens is 304 g/mol. The maximum absolute atomic E-state index is 12.3. The van der Waals surface area contributed by atoms with Crippen LogP contribution in [-0.2, 0) is 4.79 Å². The Hall–Kier alpha value is -2.58. The molecule has 0 saturated heterocycles. The molecule has 0 atom stereocenters. The van der Waals surface area contributed by atoms with Crippen molar-refractivity contribution < 1.29 is 29.4 Å². The van der Waals surface area contributed by atoms with Crippen LogP contribution in [0.1, 0.15) is 38.0 Å². The van der Waals surface area contributed by atoms with E-state index in [1.54, 1.807) is 0 Å². The molecule has 0 aromatic heterocycles. The molecule has 23 heavy (non-hydrogen) atoms. The third-order valence-corrected chi connectivity index (χ3v) is 3.49. The van der Waals surface area contributed by atoms with Crippen LogP contribution in [0, 0.1) is 0 Å². The molecule has 1 aromatic carbocycles. The van der Waals surface area contributed by atoms with Crippen LogP contribution in [0.3, 0.4) is 0 Å². The van der Waals surface area contributed by atoms with E-state index in [1.807, 2.05) is 0 Å². The predicted molar refractivity (Wildman–Crippen MR) is 77.7 cm³/mol. The van der Waals surface area contributed by atoms with Crippen LogP contribution < -0.4 is 0 Å². The number of aliphatic hydroxyl groups excluding tert-OH is 2. The first-order valence-corrected chi connectivity index (χ1v) is 6.96. The Labute approximate surface area is 131 Å². The normalized spacial score (nSPS) is 13.3. The van der Waals surface area contributed by atoms with Gasteiger partial charge in [-0.15, -0.1) is 0 Å². The highest BCUT2D eigenvalue weighted by atomic mass is 16.3. The van der Waals surface area contributed by atoms with Gasteiger partial charge in [0, 0.05) is 12.5 Å². The van der Waals surface area contributed by atoms with Crippen molar-refractivity contribution in [3.8, 4) is 0 Å². The second-order valence-corrected chi connectivity index (χ2v) is 4.95. The third kappa shape index (κ3) is 2.99. The number of amides is 4. The average molecular weight is 320 g/mol. The summed E-state index contributed by atoms with van der Waals surface area (Å²) in [6.45, 7) is 0.177. The molecule has 0 unspecified atom stereocenters. The highest BCUT2D eigenvalue weighted by molar-refractivity contribution is 6.22. The number of rotatable bonds is 5. The van der Waals surface area contributed by atoms with E-state index in [1.165, 1.54) is 25.1 Å². The van der Waals surface area contributed by atoms with E-state index < -0.39 is 23.6 Å². The predicted octanol–water partition coefficient (Wildman–Crippen LogP) is -0.744. The number of imide groups is 2. The first-order valence-electron chi connectivity index (χ1n) is 6.96. The lowest BCUT2D eigenvalue weighted by Gasteiger charge is -2.18. The molecule has 1 heterocycles. The molecule has 1 aromatic rings. The fraction of sp³-hybridized carbons (Fsp3) is 0.333. The SMILES string of the molecule is CC(=O)N(CCO)C(=O)c1ccc2c(c1)C(=O)N(CCO)C2=O. The summed E-state index contributed by atoms with van der Waals surface area (Å²) in [6.07, 6.45) is 0. The fourth-order valence-corrected chi connectivity index (χ4v) is 2.38. The molecule has 0 saturated carbocycles. The van der Waals surface area contributed by atoms with Gasteiger partial charge in [0.1, 0.15) is 0 Å². The van der Waals surface area contributed by atoms with Crippen LogP contribution in [0.4, 0.5) is 0 Å². The maximum Gasteiger partial charge on any atom is 0.261 e. The van der Waals surface area contributed by atoms with E-state index in [2.05, 4.69) is 0 Å². The summed E-state index contributed by atoms with van der Waals surface area (Å²) in [6, 6.07) is 3.95. The molecule has 0 spiro atoms. The summed E-state index contributed by atoms with van der Waals surface area (Å²) < 4.78 is 0. The average Bonchev–Trinajstić information content (AvgIpc) is 2.76. The lowest BCUT2D eigenvalue weighted by molar-refractivity contribution is -0.126. The van der Waals surface area contributed by atoms with Crippen LogP contribution in [0.5, 0.6) is 0 Å². The zero-order valence-corrected chi connectivity index (χ0v) is 12.5. The molecule has 0 fully saturated rings. The second-order valence-electron chi connectivity index (χ2n) is 4.95. The van der Waals surface area contributed by atoms with Gasteiger partial charge in [-0.25, -0.2) is 0 Å². The summed E-state index contributed by atoms with van der Waals surface area (Å²) in [7, 11) is 0. The lowest BCUT2D eigenvalue weighted by atomic mass is 10.0. The lowest BCUT2D eigenvalue weighted by Crippen LogP contribution is -2.37. The number of hydrogen-bond acceptors (Lipinski definition) is 6. The van der Waals surface area contributed by atoms with Crippen LogP contribution in [0.25, 0.3) is 0 Å². The van der Waals surface area contributed by atoms with Crippen molar-refractivity contribution in [2.75, 3.05) is 26.3 Å². The third-order valence-electron chi connectivity index (χ3n) is 3.49. The minimum atomic E-state index is -0.657. The summed E-state index contributed by atoms with van der Waals surface area (Å²) >= 11 is 0. The summed E-state index contributed by atoms with van der Waals surface area (Å²) in [5.74, 6) is -2.31. The molecular formula is C15H16N2O6. The van der Waals surface area contributed by atoms with Crippen molar-refractivity contribution in [3.63, 3.8) is 0 Å². The van der Waals surface area contributed by atoms with E-state index in [4.69, 9.17) is 10.2 Å². The van der Waals surface area contributed by atoms with Crippen molar-refractivity contribution in [3.05, 3.63) is 34.9 Å². The quantitative estimate of drug-likeness (QED) is 0.690. The molecule has 0 radical (unpaired) electrons. The number of fused-ring (bicyclic) bond motifs is 1. The number of nitrogens with zero attached hydrogens (tertiary/aromatic N) is 2. The van der Waals surface area contributed by atoms with Crippen molar-refractivity contribution in [1.29, 1.82) is 0 Å². The van der Waals surface area contributed by atoms with Gasteiger partial charge >= 0.3 is 0 Å². The van der Waals surface area contributed by atoms with E-state index in [-0.39, 0.29) is 43.0 Å². The van der Waals surface area contributed by atoms with Gasteiger partial charge in [0.2, 0.25) is 5.91 Å². The van der Waals surface area contributed by atoms with Crippen molar-refractivity contribution >= 4 is 23.6 Å². The van der Waals surface area contributed by atoms with Gasteiger partial charge in [-0.1, -0.05) is 0 Å². The highest BCUT2D eigenvalue weighted by Crippen LogP contribution is 2.24. The van der Waals surface area contributed by atoms with E-state index in [9.17, 15) is 19.2 Å². The standard InChI is InChI=1S/C15H16N2O6/c1-9(20)16(4-6-18)13(21)10-2-3-11-12(8-10)15(23)17(5-7-19)14(11)22/h2-3,8,18-19H,4-7H2,1H3. The van der Waals surface area contributed by atoms with E-state index in [0.717, 1.165) is 9.80 Å². The molecule has 1 aliphatic heterocycles. The Kier molecular flexibility index (Phi) is 4.87. The van der Waals surface area contributed by atoms with Gasteiger partial charge in [0.05, 0.1) is 37.4 Å². The number of carbonyl (C=O) groups excluding carboxylic acids is 4. The zero-order valence-electron chi connectivity index (χ0n) is 12.5. The molecule has 1 aliphatic rings. The van der Waals surface area contributed by atoms with Crippen molar-refractivity contribution in [1.82, 2.24) is 9.80 Å². The van der Waals surface area contributed by atoms with Gasteiger partial charge in [0.25, 0.3) is 17.7 Å². The summed E-state index contributed by atoms with van der Waals surface area (Å²) in [4.78, 5) is 49.7. The largest absolute Gasteiger partial charge is 0.395 e. The molecule has 0 bridgehead atoms. The van der Waals surface area contributed by atoms with Crippen LogP contribution in [0.15, 0.2) is 18.2 Å². The topological polar surface area (TPSA) is 115 Å². The maximum atomic E-state index is 12.3. The fourth-order valence-electron chi connectivity index (χ4n) is 2.38. The highest BCUT2D eigenvalue weighted by Gasteiger charge is 2.36. The summed E-state index contributed by atoms with van der Waals surface area (Å²) in [5.41, 5.74) is 0.276. The first-order chi connectivity index (χ1) is 10.9. The Bertz CT molecular complexity index is 685. The van der Waals surface area contributed by atoms with Crippen molar-refractivity contribution in [2.45, 2.75) is 6.92 Å². The Morgan fingerprint density at radius 2 is 1.74 bits per heavy atom. The molecule has 2 rings (SSSR count). The molecule has 2 N–H and O–H groups in total. The smallest absolute Gasteiger partial charge is 0.261 e. The number of aliphatic hydroxyl groups is 2. The minimum absolute atomic E-state index is 0.0572. The number of benzene rings is 1. The number of carbonyl (C=O) groups is 4. The van der Waals surface area contributed by atoms with E-state index in [0.29, 0.717) is 0 Å². The van der Waals surface area contributed by atoms with E-state index >= 15 is 0 Å². The minimum Gasteiger partial charge on any atom is -0.395 e. The molecule has 8 heteroatoms. The molecule has 8 nitrogen and oxygen atoms in total. The van der Waals surface area contributed by atoms with Crippen molar-refractivity contribution in [2.24, 2.45) is 0 Å². The zero-order chi connectivity index (χ0) is 17.1. The van der Waals surface area contributed by atoms with Gasteiger partial charge in [-0.3, -0.25) is 29.0 Å². The van der Waals surface area contributed by atoms with Gasteiger partial charge < -0.3 is 10.2 Å². The molecule has 122 valence electrons. The Balaban J connectivity index is 2.36. The Morgan fingerprint density at radius 3 is 2.30 bits per heavy atom. The number of hydrogen-bond donors (Lipinski definition) is 2. The van der Waals surface area contributed by atoms with Crippen LogP contribution in [-0.4, -0.2) is 69.9 Å². The molecule has 0 aliphatic carbocycles. The monoisotopic (exact) mass is 320 g/mol. The van der Waals surface area contributed by atoms with Gasteiger partial charge in [-0.2, -0.15) is 0 Å². The van der Waals surface area contributed by atoms with Crippen LogP contribution in [0.2, 0.25) is 0 Å². The van der Waals surface area contributed by atoms with Gasteiger partial charge in [0.15, 0.2) is 0 Å². The second kappa shape index (κ2) is 6.67. The Morgan fingerprint density at radius 1 is 1.09 bits per heavy atom.